The highest BCUT2D eigenvalue weighted by Gasteiger charge is 2.33. The van der Waals surface area contributed by atoms with Crippen LogP contribution < -0.4 is 5.32 Å². The lowest BCUT2D eigenvalue weighted by molar-refractivity contribution is 0.0921. The van der Waals surface area contributed by atoms with E-state index in [-0.39, 0.29) is 12.1 Å². The summed E-state index contributed by atoms with van der Waals surface area (Å²) in [7, 11) is 0. The van der Waals surface area contributed by atoms with Gasteiger partial charge in [-0.1, -0.05) is 36.4 Å². The van der Waals surface area contributed by atoms with Gasteiger partial charge in [-0.3, -0.25) is 0 Å². The third kappa shape index (κ3) is 3.76. The van der Waals surface area contributed by atoms with Crippen molar-refractivity contribution >= 4 is 11.9 Å². The van der Waals surface area contributed by atoms with Crippen LogP contribution in [-0.4, -0.2) is 28.6 Å². The fourth-order valence-electron chi connectivity index (χ4n) is 3.34. The second-order valence-electron chi connectivity index (χ2n) is 6.75. The number of ether oxygens (including phenoxy) is 1. The summed E-state index contributed by atoms with van der Waals surface area (Å²) in [6, 6.07) is 14.4. The number of nitrogens with one attached hydrogen (secondary N) is 1. The van der Waals surface area contributed by atoms with E-state index in [0.717, 1.165) is 36.3 Å². The van der Waals surface area contributed by atoms with Crippen molar-refractivity contribution in [3.63, 3.8) is 0 Å². The van der Waals surface area contributed by atoms with Crippen LogP contribution in [0.25, 0.3) is 0 Å². The Labute approximate surface area is 148 Å². The number of amides is 1. The normalized spacial score (nSPS) is 19.7. The Balaban J connectivity index is 1.46. The van der Waals surface area contributed by atoms with Crippen LogP contribution in [-0.2, 0) is 11.3 Å². The molecule has 1 atom stereocenters. The molecule has 0 bridgehead atoms. The number of likely N-dealkylation sites (tertiary alicyclic amines) is 1. The Bertz CT molecular complexity index is 731. The lowest BCUT2D eigenvalue weighted by Crippen LogP contribution is -2.31. The Morgan fingerprint density at radius 2 is 2.00 bits per heavy atom. The first-order chi connectivity index (χ1) is 12.3. The van der Waals surface area contributed by atoms with Gasteiger partial charge >= 0.3 is 6.09 Å². The number of nitrogens with zero attached hydrogens (tertiary/aromatic N) is 2. The highest BCUT2D eigenvalue weighted by molar-refractivity contribution is 5.69. The number of pyridine rings is 1. The summed E-state index contributed by atoms with van der Waals surface area (Å²) in [5, 5.41) is 3.49. The number of anilines is 1. The smallest absolute Gasteiger partial charge is 0.410 e. The number of carbonyl (C=O) groups is 1. The first kappa shape index (κ1) is 15.9. The zero-order valence-electron chi connectivity index (χ0n) is 14.2. The van der Waals surface area contributed by atoms with E-state index >= 15 is 0 Å². The van der Waals surface area contributed by atoms with Gasteiger partial charge in [-0.05, 0) is 37.3 Å². The molecule has 2 aromatic rings. The van der Waals surface area contributed by atoms with Crippen LogP contribution in [0.5, 0.6) is 0 Å². The first-order valence-electron chi connectivity index (χ1n) is 9.00. The van der Waals surface area contributed by atoms with Crippen LogP contribution in [0, 0.1) is 0 Å². The third-order valence-electron chi connectivity index (χ3n) is 4.81. The molecule has 2 heterocycles. The molecule has 5 nitrogen and oxygen atoms in total. The predicted molar refractivity (Wildman–Crippen MR) is 96.2 cm³/mol. The first-order valence-corrected chi connectivity index (χ1v) is 9.00. The molecule has 1 aliphatic carbocycles. The molecule has 1 N–H and O–H groups in total. The van der Waals surface area contributed by atoms with Crippen molar-refractivity contribution < 1.29 is 9.53 Å². The SMILES string of the molecule is O=C(OCc1ccccc1)N1CCCC1c1cccnc1NC1CC1. The summed E-state index contributed by atoms with van der Waals surface area (Å²) < 4.78 is 5.54. The average Bonchev–Trinajstić information content (AvgIpc) is 3.33. The fraction of sp³-hybridized carbons (Fsp3) is 0.400. The fourth-order valence-corrected chi connectivity index (χ4v) is 3.34. The number of carbonyl (C=O) groups excluding carboxylic acids is 1. The molecule has 1 amide bonds. The summed E-state index contributed by atoms with van der Waals surface area (Å²) in [5.41, 5.74) is 2.10. The molecular formula is C20H23N3O2. The van der Waals surface area contributed by atoms with Crippen LogP contribution in [0.15, 0.2) is 48.7 Å². The highest BCUT2D eigenvalue weighted by Crippen LogP contribution is 2.37. The molecule has 1 aliphatic heterocycles. The molecule has 25 heavy (non-hydrogen) atoms. The Morgan fingerprint density at radius 1 is 1.16 bits per heavy atom. The number of hydrogen-bond donors (Lipinski definition) is 1. The van der Waals surface area contributed by atoms with Gasteiger partial charge in [0.15, 0.2) is 0 Å². The molecule has 1 aromatic heterocycles. The zero-order chi connectivity index (χ0) is 17.1. The average molecular weight is 337 g/mol. The molecule has 4 rings (SSSR count). The summed E-state index contributed by atoms with van der Waals surface area (Å²) in [6.07, 6.45) is 5.90. The van der Waals surface area contributed by atoms with Crippen molar-refractivity contribution in [2.45, 2.75) is 44.4 Å². The van der Waals surface area contributed by atoms with Crippen molar-refractivity contribution in [3.05, 3.63) is 59.8 Å². The van der Waals surface area contributed by atoms with Crippen molar-refractivity contribution in [3.8, 4) is 0 Å². The van der Waals surface area contributed by atoms with E-state index in [2.05, 4.69) is 16.4 Å². The van der Waals surface area contributed by atoms with E-state index in [9.17, 15) is 4.79 Å². The summed E-state index contributed by atoms with van der Waals surface area (Å²) in [6.45, 7) is 1.04. The molecule has 1 unspecified atom stereocenters. The van der Waals surface area contributed by atoms with E-state index in [4.69, 9.17) is 4.74 Å². The Morgan fingerprint density at radius 3 is 2.80 bits per heavy atom. The van der Waals surface area contributed by atoms with Gasteiger partial charge in [-0.2, -0.15) is 0 Å². The lowest BCUT2D eigenvalue weighted by Gasteiger charge is -2.26. The van der Waals surface area contributed by atoms with Gasteiger partial charge in [0, 0.05) is 24.3 Å². The van der Waals surface area contributed by atoms with Crippen LogP contribution in [0.1, 0.15) is 42.9 Å². The monoisotopic (exact) mass is 337 g/mol. The quantitative estimate of drug-likeness (QED) is 0.891. The minimum absolute atomic E-state index is 0.0400. The van der Waals surface area contributed by atoms with Crippen LogP contribution in [0.3, 0.4) is 0 Å². The molecule has 0 spiro atoms. The largest absolute Gasteiger partial charge is 0.445 e. The maximum atomic E-state index is 12.6. The van der Waals surface area contributed by atoms with Crippen LogP contribution >= 0.6 is 0 Å². The minimum atomic E-state index is -0.243. The van der Waals surface area contributed by atoms with E-state index in [1.54, 1.807) is 6.20 Å². The molecule has 1 saturated carbocycles. The van der Waals surface area contributed by atoms with E-state index < -0.39 is 0 Å². The number of rotatable bonds is 5. The number of benzene rings is 1. The molecule has 0 radical (unpaired) electrons. The Hall–Kier alpha value is -2.56. The van der Waals surface area contributed by atoms with Crippen LogP contribution in [0.2, 0.25) is 0 Å². The second-order valence-corrected chi connectivity index (χ2v) is 6.75. The predicted octanol–water partition coefficient (Wildman–Crippen LogP) is 4.13. The standard InChI is InChI=1S/C20H23N3O2/c24-20(25-14-15-6-2-1-3-7-15)23-13-5-9-18(23)17-8-4-12-21-19(17)22-16-10-11-16/h1-4,6-8,12,16,18H,5,9-11,13-14H2,(H,21,22). The minimum Gasteiger partial charge on any atom is -0.445 e. The molecule has 1 saturated heterocycles. The van der Waals surface area contributed by atoms with Crippen molar-refractivity contribution in [2.24, 2.45) is 0 Å². The maximum absolute atomic E-state index is 12.6. The van der Waals surface area contributed by atoms with Gasteiger partial charge in [0.1, 0.15) is 12.4 Å². The van der Waals surface area contributed by atoms with Gasteiger partial charge < -0.3 is 15.0 Å². The third-order valence-corrected chi connectivity index (χ3v) is 4.81. The maximum Gasteiger partial charge on any atom is 0.410 e. The van der Waals surface area contributed by atoms with Gasteiger partial charge in [0.2, 0.25) is 0 Å². The number of hydrogen-bond acceptors (Lipinski definition) is 4. The number of aromatic nitrogens is 1. The summed E-state index contributed by atoms with van der Waals surface area (Å²) >= 11 is 0. The summed E-state index contributed by atoms with van der Waals surface area (Å²) in [5.74, 6) is 0.915. The molecule has 1 aromatic carbocycles. The van der Waals surface area contributed by atoms with E-state index in [1.165, 1.54) is 12.8 Å². The van der Waals surface area contributed by atoms with E-state index in [0.29, 0.717) is 12.6 Å². The lowest BCUT2D eigenvalue weighted by atomic mass is 10.1. The van der Waals surface area contributed by atoms with Crippen molar-refractivity contribution in [1.82, 2.24) is 9.88 Å². The van der Waals surface area contributed by atoms with Crippen LogP contribution in [0.4, 0.5) is 10.6 Å². The molecule has 2 fully saturated rings. The second kappa shape index (κ2) is 7.13. The van der Waals surface area contributed by atoms with E-state index in [1.807, 2.05) is 41.3 Å². The Kier molecular flexibility index (Phi) is 4.55. The molecular weight excluding hydrogens is 314 g/mol. The van der Waals surface area contributed by atoms with Crippen molar-refractivity contribution in [2.75, 3.05) is 11.9 Å². The summed E-state index contributed by atoms with van der Waals surface area (Å²) in [4.78, 5) is 19.0. The van der Waals surface area contributed by atoms with Crippen molar-refractivity contribution in [1.29, 1.82) is 0 Å². The van der Waals surface area contributed by atoms with Gasteiger partial charge in [-0.25, -0.2) is 9.78 Å². The zero-order valence-corrected chi connectivity index (χ0v) is 14.2. The van der Waals surface area contributed by atoms with Gasteiger partial charge in [0.25, 0.3) is 0 Å². The molecule has 130 valence electrons. The molecule has 5 heteroatoms. The molecule has 2 aliphatic rings. The van der Waals surface area contributed by atoms with Gasteiger partial charge in [-0.15, -0.1) is 0 Å². The highest BCUT2D eigenvalue weighted by atomic mass is 16.6. The van der Waals surface area contributed by atoms with Gasteiger partial charge in [0.05, 0.1) is 6.04 Å². The topological polar surface area (TPSA) is 54.5 Å².